The minimum absolute atomic E-state index is 0.00981. The van der Waals surface area contributed by atoms with Crippen LogP contribution in [0, 0.1) is 13.8 Å². The van der Waals surface area contributed by atoms with Crippen LogP contribution in [0.5, 0.6) is 0 Å². The fourth-order valence-electron chi connectivity index (χ4n) is 3.66. The van der Waals surface area contributed by atoms with E-state index in [1.165, 1.54) is 5.56 Å². The van der Waals surface area contributed by atoms with Crippen LogP contribution in [-0.2, 0) is 0 Å². The van der Waals surface area contributed by atoms with Crippen molar-refractivity contribution in [3.63, 3.8) is 0 Å². The predicted octanol–water partition coefficient (Wildman–Crippen LogP) is 3.25. The van der Waals surface area contributed by atoms with Gasteiger partial charge in [0, 0.05) is 43.8 Å². The zero-order chi connectivity index (χ0) is 18.0. The summed E-state index contributed by atoms with van der Waals surface area (Å²) in [5.41, 5.74) is 4.70. The molecular weight excluding hydrogens is 314 g/mol. The van der Waals surface area contributed by atoms with E-state index in [0.717, 1.165) is 49.3 Å². The van der Waals surface area contributed by atoms with Crippen LogP contribution in [0.4, 0.5) is 5.69 Å². The lowest BCUT2D eigenvalue weighted by Crippen LogP contribution is -2.35. The van der Waals surface area contributed by atoms with Crippen LogP contribution < -0.4 is 4.90 Å². The highest BCUT2D eigenvalue weighted by Crippen LogP contribution is 2.34. The molecular formula is C19H27N5O. The van der Waals surface area contributed by atoms with Gasteiger partial charge in [0.2, 0.25) is 0 Å². The van der Waals surface area contributed by atoms with Gasteiger partial charge in [-0.1, -0.05) is 12.8 Å². The van der Waals surface area contributed by atoms with Gasteiger partial charge >= 0.3 is 0 Å². The minimum atomic E-state index is 0.00981. The van der Waals surface area contributed by atoms with Gasteiger partial charge in [-0.3, -0.25) is 14.9 Å². The SMILES string of the molecule is Cc1n[nH]c(C)c1[C@H]1CCCCCN1C(=O)c1cc(N(C)C)ccn1. The number of carbonyl (C=O) groups excluding carboxylic acids is 1. The maximum Gasteiger partial charge on any atom is 0.273 e. The molecule has 1 saturated heterocycles. The molecule has 3 heterocycles. The van der Waals surface area contributed by atoms with Crippen LogP contribution in [0.15, 0.2) is 18.3 Å². The molecule has 2 aromatic heterocycles. The van der Waals surface area contributed by atoms with Crippen molar-refractivity contribution in [2.75, 3.05) is 25.5 Å². The van der Waals surface area contributed by atoms with E-state index in [0.29, 0.717) is 5.69 Å². The first-order chi connectivity index (χ1) is 12.0. The average molecular weight is 341 g/mol. The smallest absolute Gasteiger partial charge is 0.273 e. The number of aryl methyl sites for hydroxylation is 2. The van der Waals surface area contributed by atoms with Crippen molar-refractivity contribution in [3.05, 3.63) is 41.0 Å². The van der Waals surface area contributed by atoms with Crippen molar-refractivity contribution < 1.29 is 4.79 Å². The Balaban J connectivity index is 1.96. The van der Waals surface area contributed by atoms with E-state index < -0.39 is 0 Å². The highest BCUT2D eigenvalue weighted by atomic mass is 16.2. The molecule has 6 heteroatoms. The molecule has 134 valence electrons. The highest BCUT2D eigenvalue weighted by molar-refractivity contribution is 5.93. The van der Waals surface area contributed by atoms with Gasteiger partial charge in [0.15, 0.2) is 0 Å². The van der Waals surface area contributed by atoms with Crippen molar-refractivity contribution in [1.29, 1.82) is 0 Å². The first-order valence-electron chi connectivity index (χ1n) is 8.95. The number of likely N-dealkylation sites (tertiary alicyclic amines) is 1. The number of nitrogens with zero attached hydrogens (tertiary/aromatic N) is 4. The molecule has 3 rings (SSSR count). The van der Waals surface area contributed by atoms with Crippen molar-refractivity contribution in [1.82, 2.24) is 20.1 Å². The second-order valence-electron chi connectivity index (χ2n) is 7.01. The number of H-pyrrole nitrogens is 1. The molecule has 0 aliphatic carbocycles. The van der Waals surface area contributed by atoms with E-state index in [-0.39, 0.29) is 11.9 Å². The van der Waals surface area contributed by atoms with Crippen molar-refractivity contribution in [3.8, 4) is 0 Å². The molecule has 0 bridgehead atoms. The number of carbonyl (C=O) groups is 1. The molecule has 1 fully saturated rings. The Morgan fingerprint density at radius 2 is 2.08 bits per heavy atom. The summed E-state index contributed by atoms with van der Waals surface area (Å²) < 4.78 is 0. The summed E-state index contributed by atoms with van der Waals surface area (Å²) in [6.07, 6.45) is 6.00. The van der Waals surface area contributed by atoms with Crippen molar-refractivity contribution in [2.24, 2.45) is 0 Å². The lowest BCUT2D eigenvalue weighted by molar-refractivity contribution is 0.0674. The zero-order valence-corrected chi connectivity index (χ0v) is 15.5. The molecule has 1 aliphatic rings. The van der Waals surface area contributed by atoms with E-state index in [1.54, 1.807) is 6.20 Å². The third-order valence-electron chi connectivity index (χ3n) is 5.01. The number of amides is 1. The lowest BCUT2D eigenvalue weighted by Gasteiger charge is -2.30. The number of anilines is 1. The lowest BCUT2D eigenvalue weighted by atomic mass is 9.98. The van der Waals surface area contributed by atoms with Crippen LogP contribution in [0.1, 0.15) is 59.2 Å². The summed E-state index contributed by atoms with van der Waals surface area (Å²) in [5, 5.41) is 7.41. The fourth-order valence-corrected chi connectivity index (χ4v) is 3.66. The normalized spacial score (nSPS) is 18.1. The zero-order valence-electron chi connectivity index (χ0n) is 15.5. The summed E-state index contributed by atoms with van der Waals surface area (Å²) in [6, 6.07) is 3.86. The fraction of sp³-hybridized carbons (Fsp3) is 0.526. The molecule has 1 atom stereocenters. The van der Waals surface area contributed by atoms with Crippen LogP contribution >= 0.6 is 0 Å². The summed E-state index contributed by atoms with van der Waals surface area (Å²) >= 11 is 0. The molecule has 0 saturated carbocycles. The number of hydrogen-bond acceptors (Lipinski definition) is 4. The molecule has 1 N–H and O–H groups in total. The number of rotatable bonds is 3. The van der Waals surface area contributed by atoms with Gasteiger partial charge in [-0.2, -0.15) is 5.10 Å². The Bertz CT molecular complexity index is 733. The Hall–Kier alpha value is -2.37. The Labute approximate surface area is 149 Å². The third-order valence-corrected chi connectivity index (χ3v) is 5.01. The summed E-state index contributed by atoms with van der Waals surface area (Å²) in [5.74, 6) is 0.00981. The monoisotopic (exact) mass is 341 g/mol. The molecule has 0 radical (unpaired) electrons. The quantitative estimate of drug-likeness (QED) is 0.931. The van der Waals surface area contributed by atoms with Crippen molar-refractivity contribution in [2.45, 2.75) is 45.6 Å². The predicted molar refractivity (Wildman–Crippen MR) is 98.9 cm³/mol. The Morgan fingerprint density at radius 1 is 1.28 bits per heavy atom. The third kappa shape index (κ3) is 3.52. The van der Waals surface area contributed by atoms with Gasteiger partial charge in [0.25, 0.3) is 5.91 Å². The average Bonchev–Trinajstić information content (AvgIpc) is 2.80. The Kier molecular flexibility index (Phi) is 5.06. The summed E-state index contributed by atoms with van der Waals surface area (Å²) in [4.78, 5) is 21.6. The molecule has 0 aromatic carbocycles. The van der Waals surface area contributed by atoms with E-state index in [2.05, 4.69) is 15.2 Å². The molecule has 25 heavy (non-hydrogen) atoms. The van der Waals surface area contributed by atoms with Crippen LogP contribution in [0.25, 0.3) is 0 Å². The molecule has 0 spiro atoms. The van der Waals surface area contributed by atoms with Crippen LogP contribution in [-0.4, -0.2) is 46.6 Å². The van der Waals surface area contributed by atoms with E-state index in [4.69, 9.17) is 0 Å². The molecule has 6 nitrogen and oxygen atoms in total. The molecule has 2 aromatic rings. The van der Waals surface area contributed by atoms with Crippen LogP contribution in [0.2, 0.25) is 0 Å². The number of aromatic amines is 1. The summed E-state index contributed by atoms with van der Waals surface area (Å²) in [6.45, 7) is 4.81. The summed E-state index contributed by atoms with van der Waals surface area (Å²) in [7, 11) is 3.94. The van der Waals surface area contributed by atoms with Gasteiger partial charge in [-0.25, -0.2) is 0 Å². The molecule has 0 unspecified atom stereocenters. The molecule has 1 aliphatic heterocycles. The number of nitrogens with one attached hydrogen (secondary N) is 1. The highest BCUT2D eigenvalue weighted by Gasteiger charge is 2.31. The topological polar surface area (TPSA) is 65.1 Å². The van der Waals surface area contributed by atoms with Gasteiger partial charge in [0.1, 0.15) is 5.69 Å². The van der Waals surface area contributed by atoms with Gasteiger partial charge in [-0.05, 0) is 38.8 Å². The largest absolute Gasteiger partial charge is 0.378 e. The van der Waals surface area contributed by atoms with Gasteiger partial charge < -0.3 is 9.80 Å². The standard InChI is InChI=1S/C19H27N5O/c1-13-18(14(2)22-21-13)17-8-6-5-7-11-24(17)19(25)16-12-15(23(3)4)9-10-20-16/h9-10,12,17H,5-8,11H2,1-4H3,(H,21,22)/t17-/m1/s1. The molecule has 1 amide bonds. The van der Waals surface area contributed by atoms with Crippen LogP contribution in [0.3, 0.4) is 0 Å². The second kappa shape index (κ2) is 7.25. The van der Waals surface area contributed by atoms with E-state index in [1.807, 2.05) is 49.9 Å². The minimum Gasteiger partial charge on any atom is -0.378 e. The maximum absolute atomic E-state index is 13.3. The number of pyridine rings is 1. The number of hydrogen-bond donors (Lipinski definition) is 1. The van der Waals surface area contributed by atoms with E-state index in [9.17, 15) is 4.79 Å². The van der Waals surface area contributed by atoms with Gasteiger partial charge in [0.05, 0.1) is 11.7 Å². The second-order valence-corrected chi connectivity index (χ2v) is 7.01. The van der Waals surface area contributed by atoms with E-state index >= 15 is 0 Å². The maximum atomic E-state index is 13.3. The number of aromatic nitrogens is 3. The van der Waals surface area contributed by atoms with Crippen molar-refractivity contribution >= 4 is 11.6 Å². The first kappa shape index (κ1) is 17.5. The Morgan fingerprint density at radius 3 is 2.76 bits per heavy atom. The van der Waals surface area contributed by atoms with Gasteiger partial charge in [-0.15, -0.1) is 0 Å². The first-order valence-corrected chi connectivity index (χ1v) is 8.95.